The van der Waals surface area contributed by atoms with Gasteiger partial charge in [0.1, 0.15) is 0 Å². The van der Waals surface area contributed by atoms with Gasteiger partial charge < -0.3 is 14.6 Å². The molecule has 0 saturated carbocycles. The van der Waals surface area contributed by atoms with Gasteiger partial charge >= 0.3 is 5.97 Å². The summed E-state index contributed by atoms with van der Waals surface area (Å²) in [5.41, 5.74) is 1.11. The maximum absolute atomic E-state index is 10.6. The number of hydrogen-bond acceptors (Lipinski definition) is 4. The lowest BCUT2D eigenvalue weighted by Gasteiger charge is -2.15. The number of carbonyl (C=O) groups is 1. The predicted molar refractivity (Wildman–Crippen MR) is 77.2 cm³/mol. The summed E-state index contributed by atoms with van der Waals surface area (Å²) >= 11 is 0. The Hall–Kier alpha value is -1.39. The van der Waals surface area contributed by atoms with Crippen LogP contribution >= 0.6 is 0 Å². The molecule has 1 aromatic carbocycles. The highest BCUT2D eigenvalue weighted by Gasteiger charge is 2.07. The van der Waals surface area contributed by atoms with Crippen LogP contribution < -0.4 is 0 Å². The number of unbranched alkanes of at least 4 members (excludes halogenated alkanes) is 2. The van der Waals surface area contributed by atoms with Gasteiger partial charge in [0.25, 0.3) is 0 Å². The summed E-state index contributed by atoms with van der Waals surface area (Å²) in [5, 5.41) is 9.29. The van der Waals surface area contributed by atoms with Crippen molar-refractivity contribution in [2.75, 3.05) is 13.2 Å². The van der Waals surface area contributed by atoms with Crippen LogP contribution in [0.5, 0.6) is 0 Å². The quantitative estimate of drug-likeness (QED) is 0.529. The Morgan fingerprint density at radius 3 is 2.60 bits per heavy atom. The van der Waals surface area contributed by atoms with Crippen molar-refractivity contribution in [2.45, 2.75) is 45.3 Å². The van der Waals surface area contributed by atoms with Gasteiger partial charge in [-0.15, -0.1) is 0 Å². The Labute approximate surface area is 120 Å². The SMILES string of the molecule is CC(=O)OCCCCC[C@@H](CO)OCc1ccccc1. The normalized spacial score (nSPS) is 12.1. The van der Waals surface area contributed by atoms with Crippen LogP contribution in [0.4, 0.5) is 0 Å². The van der Waals surface area contributed by atoms with E-state index in [9.17, 15) is 9.90 Å². The molecule has 1 N–H and O–H groups in total. The number of aliphatic hydroxyl groups is 1. The Balaban J connectivity index is 2.09. The van der Waals surface area contributed by atoms with Gasteiger partial charge in [-0.1, -0.05) is 36.8 Å². The summed E-state index contributed by atoms with van der Waals surface area (Å²) in [6, 6.07) is 9.93. The fourth-order valence-corrected chi connectivity index (χ4v) is 1.88. The van der Waals surface area contributed by atoms with Crippen LogP contribution in [0.15, 0.2) is 30.3 Å². The van der Waals surface area contributed by atoms with E-state index in [0.717, 1.165) is 31.2 Å². The molecule has 0 radical (unpaired) electrons. The number of esters is 1. The highest BCUT2D eigenvalue weighted by molar-refractivity contribution is 5.65. The molecule has 4 nitrogen and oxygen atoms in total. The molecule has 20 heavy (non-hydrogen) atoms. The maximum Gasteiger partial charge on any atom is 0.302 e. The summed E-state index contributed by atoms with van der Waals surface area (Å²) in [4.78, 5) is 10.6. The highest BCUT2D eigenvalue weighted by atomic mass is 16.5. The molecule has 0 aromatic heterocycles. The van der Waals surface area contributed by atoms with Crippen LogP contribution in [-0.2, 0) is 20.9 Å². The molecule has 0 aliphatic rings. The predicted octanol–water partition coefficient (Wildman–Crippen LogP) is 2.69. The zero-order chi connectivity index (χ0) is 14.6. The maximum atomic E-state index is 10.6. The standard InChI is InChI=1S/C16H24O4/c1-14(18)19-11-7-3-6-10-16(12-17)20-13-15-8-4-2-5-9-15/h2,4-5,8-9,16-17H,3,6-7,10-13H2,1H3/t16-/m0/s1. The first-order valence-corrected chi connectivity index (χ1v) is 7.12. The molecule has 0 heterocycles. The van der Waals surface area contributed by atoms with Crippen molar-refractivity contribution < 1.29 is 19.4 Å². The molecular weight excluding hydrogens is 256 g/mol. The zero-order valence-electron chi connectivity index (χ0n) is 12.1. The van der Waals surface area contributed by atoms with Crippen LogP contribution in [-0.4, -0.2) is 30.4 Å². The van der Waals surface area contributed by atoms with Crippen LogP contribution in [0.3, 0.4) is 0 Å². The van der Waals surface area contributed by atoms with Crippen LogP contribution in [0.1, 0.15) is 38.2 Å². The van der Waals surface area contributed by atoms with Crippen molar-refractivity contribution in [1.29, 1.82) is 0 Å². The molecule has 0 amide bonds. The second-order valence-corrected chi connectivity index (χ2v) is 4.79. The molecule has 0 saturated heterocycles. The van der Waals surface area contributed by atoms with Gasteiger partial charge in [0.15, 0.2) is 0 Å². The molecule has 112 valence electrons. The highest BCUT2D eigenvalue weighted by Crippen LogP contribution is 2.10. The third kappa shape index (κ3) is 7.92. The molecule has 0 aliphatic carbocycles. The van der Waals surface area contributed by atoms with Crippen LogP contribution in [0.25, 0.3) is 0 Å². The topological polar surface area (TPSA) is 55.8 Å². The lowest BCUT2D eigenvalue weighted by atomic mass is 10.1. The van der Waals surface area contributed by atoms with E-state index in [4.69, 9.17) is 9.47 Å². The number of hydrogen-bond donors (Lipinski definition) is 1. The Bertz CT molecular complexity index is 364. The van der Waals surface area contributed by atoms with Crippen molar-refractivity contribution in [1.82, 2.24) is 0 Å². The molecule has 0 spiro atoms. The molecule has 0 fully saturated rings. The van der Waals surface area contributed by atoms with Crippen LogP contribution in [0.2, 0.25) is 0 Å². The van der Waals surface area contributed by atoms with Gasteiger partial charge in [-0.2, -0.15) is 0 Å². The number of ether oxygens (including phenoxy) is 2. The van der Waals surface area contributed by atoms with E-state index in [1.165, 1.54) is 6.92 Å². The first-order chi connectivity index (χ1) is 9.72. The van der Waals surface area contributed by atoms with E-state index < -0.39 is 0 Å². The second kappa shape index (κ2) is 10.4. The fourth-order valence-electron chi connectivity index (χ4n) is 1.88. The van der Waals surface area contributed by atoms with Gasteiger partial charge in [0.2, 0.25) is 0 Å². The minimum Gasteiger partial charge on any atom is -0.466 e. The van der Waals surface area contributed by atoms with E-state index in [2.05, 4.69) is 0 Å². The van der Waals surface area contributed by atoms with Crippen LogP contribution in [0, 0.1) is 0 Å². The van der Waals surface area contributed by atoms with E-state index in [0.29, 0.717) is 13.2 Å². The largest absolute Gasteiger partial charge is 0.466 e. The van der Waals surface area contributed by atoms with Crippen molar-refractivity contribution in [2.24, 2.45) is 0 Å². The van der Waals surface area contributed by atoms with Crippen molar-refractivity contribution >= 4 is 5.97 Å². The molecule has 1 atom stereocenters. The zero-order valence-corrected chi connectivity index (χ0v) is 12.1. The first kappa shape index (κ1) is 16.7. The second-order valence-electron chi connectivity index (χ2n) is 4.79. The van der Waals surface area contributed by atoms with Gasteiger partial charge in [0.05, 0.1) is 25.9 Å². The molecule has 0 unspecified atom stereocenters. The summed E-state index contributed by atoms with van der Waals surface area (Å²) in [7, 11) is 0. The summed E-state index contributed by atoms with van der Waals surface area (Å²) in [6.45, 7) is 2.46. The number of aliphatic hydroxyl groups excluding tert-OH is 1. The summed E-state index contributed by atoms with van der Waals surface area (Å²) in [6.07, 6.45) is 3.49. The molecule has 1 rings (SSSR count). The Morgan fingerprint density at radius 1 is 1.20 bits per heavy atom. The smallest absolute Gasteiger partial charge is 0.302 e. The van der Waals surface area contributed by atoms with Gasteiger partial charge in [0, 0.05) is 6.92 Å². The number of carbonyl (C=O) groups excluding carboxylic acids is 1. The average molecular weight is 280 g/mol. The van der Waals surface area contributed by atoms with Gasteiger partial charge in [-0.3, -0.25) is 4.79 Å². The first-order valence-electron chi connectivity index (χ1n) is 7.12. The van der Waals surface area contributed by atoms with E-state index in [1.807, 2.05) is 30.3 Å². The van der Waals surface area contributed by atoms with E-state index in [-0.39, 0.29) is 18.7 Å². The Morgan fingerprint density at radius 2 is 1.95 bits per heavy atom. The summed E-state index contributed by atoms with van der Waals surface area (Å²) < 4.78 is 10.5. The number of benzene rings is 1. The summed E-state index contributed by atoms with van der Waals surface area (Å²) in [5.74, 6) is -0.232. The van der Waals surface area contributed by atoms with Gasteiger partial charge in [-0.05, 0) is 24.8 Å². The average Bonchev–Trinajstić information content (AvgIpc) is 2.46. The molecule has 0 bridgehead atoms. The minimum absolute atomic E-state index is 0.0385. The molecule has 0 aliphatic heterocycles. The molecular formula is C16H24O4. The van der Waals surface area contributed by atoms with E-state index >= 15 is 0 Å². The van der Waals surface area contributed by atoms with E-state index in [1.54, 1.807) is 0 Å². The van der Waals surface area contributed by atoms with Crippen molar-refractivity contribution in [3.8, 4) is 0 Å². The van der Waals surface area contributed by atoms with Crippen molar-refractivity contribution in [3.05, 3.63) is 35.9 Å². The lowest BCUT2D eigenvalue weighted by Crippen LogP contribution is -2.17. The molecule has 4 heteroatoms. The third-order valence-electron chi connectivity index (χ3n) is 3.01. The minimum atomic E-state index is -0.232. The molecule has 1 aromatic rings. The van der Waals surface area contributed by atoms with Crippen molar-refractivity contribution in [3.63, 3.8) is 0 Å². The Kier molecular flexibility index (Phi) is 8.67. The monoisotopic (exact) mass is 280 g/mol. The third-order valence-corrected chi connectivity index (χ3v) is 3.01. The van der Waals surface area contributed by atoms with Gasteiger partial charge in [-0.25, -0.2) is 0 Å². The number of rotatable bonds is 10. The lowest BCUT2D eigenvalue weighted by molar-refractivity contribution is -0.141. The fraction of sp³-hybridized carbons (Fsp3) is 0.562.